The van der Waals surface area contributed by atoms with E-state index in [1.807, 2.05) is 0 Å². The molecule has 0 spiro atoms. The van der Waals surface area contributed by atoms with Crippen LogP contribution in [-0.2, 0) is 14.3 Å². The minimum Gasteiger partial charge on any atom is -0.452 e. The van der Waals surface area contributed by atoms with Crippen LogP contribution in [0.2, 0.25) is 10.0 Å². The summed E-state index contributed by atoms with van der Waals surface area (Å²) in [5.74, 6) is -0.391. The number of hydrogen-bond acceptors (Lipinski definition) is 3. The molecular weight excluding hydrogens is 349 g/mol. The van der Waals surface area contributed by atoms with Crippen LogP contribution in [0.15, 0.2) is 24.3 Å². The summed E-state index contributed by atoms with van der Waals surface area (Å²) < 4.78 is 4.96. The first kappa shape index (κ1) is 18.8. The Morgan fingerprint density at radius 3 is 2.75 bits per heavy atom. The maximum atomic E-state index is 11.9. The minimum absolute atomic E-state index is 0.174. The van der Waals surface area contributed by atoms with Crippen LogP contribution in [0.25, 0.3) is 6.08 Å². The number of carbonyl (C=O) groups is 2. The fourth-order valence-corrected chi connectivity index (χ4v) is 3.23. The number of halogens is 2. The summed E-state index contributed by atoms with van der Waals surface area (Å²) in [5, 5.41) is 3.90. The first-order valence-electron chi connectivity index (χ1n) is 8.05. The lowest BCUT2D eigenvalue weighted by molar-refractivity contribution is -0.144. The van der Waals surface area contributed by atoms with Gasteiger partial charge in [-0.05, 0) is 42.5 Å². The molecule has 0 aromatic heterocycles. The number of nitrogens with one attached hydrogen (secondary N) is 1. The van der Waals surface area contributed by atoms with E-state index in [0.717, 1.165) is 19.3 Å². The fraction of sp³-hybridized carbons (Fsp3) is 0.444. The highest BCUT2D eigenvalue weighted by Crippen LogP contribution is 2.24. The largest absolute Gasteiger partial charge is 0.452 e. The van der Waals surface area contributed by atoms with Crippen LogP contribution in [0.3, 0.4) is 0 Å². The van der Waals surface area contributed by atoms with Crippen molar-refractivity contribution in [2.45, 2.75) is 38.6 Å². The third-order valence-corrected chi connectivity index (χ3v) is 4.73. The predicted molar refractivity (Wildman–Crippen MR) is 96.0 cm³/mol. The maximum absolute atomic E-state index is 11.9. The lowest BCUT2D eigenvalue weighted by Crippen LogP contribution is -2.42. The highest BCUT2D eigenvalue weighted by atomic mass is 35.5. The molecule has 0 aliphatic heterocycles. The number of rotatable bonds is 5. The summed E-state index contributed by atoms with van der Waals surface area (Å²) in [6, 6.07) is 5.14. The Morgan fingerprint density at radius 1 is 1.29 bits per heavy atom. The monoisotopic (exact) mass is 369 g/mol. The summed E-state index contributed by atoms with van der Waals surface area (Å²) in [5.41, 5.74) is 0.651. The number of carbonyl (C=O) groups excluding carboxylic acids is 2. The first-order chi connectivity index (χ1) is 11.5. The quantitative estimate of drug-likeness (QED) is 0.623. The van der Waals surface area contributed by atoms with E-state index in [1.54, 1.807) is 18.2 Å². The Morgan fingerprint density at radius 2 is 2.04 bits per heavy atom. The summed E-state index contributed by atoms with van der Waals surface area (Å²) >= 11 is 11.8. The van der Waals surface area contributed by atoms with Crippen molar-refractivity contribution in [3.63, 3.8) is 0 Å². The van der Waals surface area contributed by atoms with Gasteiger partial charge in [0.05, 0.1) is 0 Å². The van der Waals surface area contributed by atoms with Crippen molar-refractivity contribution in [1.82, 2.24) is 5.32 Å². The van der Waals surface area contributed by atoms with Crippen molar-refractivity contribution in [3.05, 3.63) is 39.9 Å². The Bertz CT molecular complexity index is 631. The van der Waals surface area contributed by atoms with E-state index in [4.69, 9.17) is 27.9 Å². The van der Waals surface area contributed by atoms with Gasteiger partial charge in [-0.2, -0.15) is 0 Å². The summed E-state index contributed by atoms with van der Waals surface area (Å²) in [4.78, 5) is 23.6. The van der Waals surface area contributed by atoms with Gasteiger partial charge in [-0.3, -0.25) is 4.79 Å². The van der Waals surface area contributed by atoms with E-state index in [9.17, 15) is 9.59 Å². The van der Waals surface area contributed by atoms with E-state index in [-0.39, 0.29) is 18.6 Å². The molecule has 0 bridgehead atoms. The van der Waals surface area contributed by atoms with E-state index in [0.29, 0.717) is 21.5 Å². The number of amides is 1. The topological polar surface area (TPSA) is 55.4 Å². The highest BCUT2D eigenvalue weighted by Gasteiger charge is 2.22. The second-order valence-electron chi connectivity index (χ2n) is 6.04. The van der Waals surface area contributed by atoms with Gasteiger partial charge in [0.2, 0.25) is 0 Å². The maximum Gasteiger partial charge on any atom is 0.331 e. The molecule has 1 aliphatic rings. The molecular formula is C18H21Cl2NO3. The predicted octanol–water partition coefficient (Wildman–Crippen LogP) is 4.24. The SMILES string of the molecule is CC1CCCCC1NC(=O)COC(=O)/C=C/c1ccc(Cl)cc1Cl. The van der Waals surface area contributed by atoms with Gasteiger partial charge >= 0.3 is 5.97 Å². The van der Waals surface area contributed by atoms with E-state index < -0.39 is 5.97 Å². The highest BCUT2D eigenvalue weighted by molar-refractivity contribution is 6.35. The standard InChI is InChI=1S/C18H21Cl2NO3/c1-12-4-2-3-5-16(12)21-17(22)11-24-18(23)9-7-13-6-8-14(19)10-15(13)20/h6-10,12,16H,2-5,11H2,1H3,(H,21,22)/b9-7+. The molecule has 1 aromatic carbocycles. The van der Waals surface area contributed by atoms with E-state index >= 15 is 0 Å². The average molecular weight is 370 g/mol. The first-order valence-corrected chi connectivity index (χ1v) is 8.80. The molecule has 6 heteroatoms. The average Bonchev–Trinajstić information content (AvgIpc) is 2.54. The number of ether oxygens (including phenoxy) is 1. The molecule has 1 aliphatic carbocycles. The Kier molecular flexibility index (Phi) is 7.13. The van der Waals surface area contributed by atoms with Gasteiger partial charge in [-0.15, -0.1) is 0 Å². The molecule has 2 rings (SSSR count). The molecule has 1 saturated carbocycles. The van der Waals surface area contributed by atoms with Crippen LogP contribution in [0.1, 0.15) is 38.2 Å². The van der Waals surface area contributed by atoms with Crippen molar-refractivity contribution < 1.29 is 14.3 Å². The molecule has 2 atom stereocenters. The Labute approximate surface area is 152 Å². The molecule has 24 heavy (non-hydrogen) atoms. The third-order valence-electron chi connectivity index (χ3n) is 4.16. The molecule has 1 aromatic rings. The van der Waals surface area contributed by atoms with Crippen molar-refractivity contribution in [2.75, 3.05) is 6.61 Å². The second-order valence-corrected chi connectivity index (χ2v) is 6.89. The fourth-order valence-electron chi connectivity index (χ4n) is 2.76. The molecule has 0 saturated heterocycles. The van der Waals surface area contributed by atoms with Gasteiger partial charge in [0.25, 0.3) is 5.91 Å². The van der Waals surface area contributed by atoms with Gasteiger partial charge in [0.1, 0.15) is 0 Å². The lowest BCUT2D eigenvalue weighted by atomic mass is 9.86. The molecule has 130 valence electrons. The Balaban J connectivity index is 1.77. The zero-order valence-electron chi connectivity index (χ0n) is 13.6. The van der Waals surface area contributed by atoms with Crippen LogP contribution < -0.4 is 5.32 Å². The summed E-state index contributed by atoms with van der Waals surface area (Å²) in [6.45, 7) is 1.86. The number of benzene rings is 1. The molecule has 0 heterocycles. The van der Waals surface area contributed by atoms with Gasteiger partial charge in [-0.1, -0.05) is 49.0 Å². The second kappa shape index (κ2) is 9.09. The van der Waals surface area contributed by atoms with Gasteiger partial charge < -0.3 is 10.1 Å². The van der Waals surface area contributed by atoms with Gasteiger partial charge in [0.15, 0.2) is 6.61 Å². The van der Waals surface area contributed by atoms with Crippen LogP contribution >= 0.6 is 23.2 Å². The van der Waals surface area contributed by atoms with Gasteiger partial charge in [0, 0.05) is 22.2 Å². The smallest absolute Gasteiger partial charge is 0.331 e. The number of hydrogen-bond donors (Lipinski definition) is 1. The van der Waals surface area contributed by atoms with Gasteiger partial charge in [-0.25, -0.2) is 4.79 Å². The van der Waals surface area contributed by atoms with E-state index in [1.165, 1.54) is 18.6 Å². The lowest BCUT2D eigenvalue weighted by Gasteiger charge is -2.29. The normalized spacial score (nSPS) is 20.8. The minimum atomic E-state index is -0.590. The molecule has 1 fully saturated rings. The molecule has 4 nitrogen and oxygen atoms in total. The van der Waals surface area contributed by atoms with Crippen molar-refractivity contribution in [3.8, 4) is 0 Å². The summed E-state index contributed by atoms with van der Waals surface area (Å²) in [7, 11) is 0. The van der Waals surface area contributed by atoms with Crippen molar-refractivity contribution in [1.29, 1.82) is 0 Å². The third kappa shape index (κ3) is 5.84. The molecule has 2 unspecified atom stereocenters. The Hall–Kier alpha value is -1.52. The van der Waals surface area contributed by atoms with Crippen LogP contribution in [0.4, 0.5) is 0 Å². The zero-order chi connectivity index (χ0) is 17.5. The van der Waals surface area contributed by atoms with Crippen molar-refractivity contribution in [2.24, 2.45) is 5.92 Å². The van der Waals surface area contributed by atoms with Crippen LogP contribution in [-0.4, -0.2) is 24.5 Å². The van der Waals surface area contributed by atoms with Crippen molar-refractivity contribution >= 4 is 41.2 Å². The van der Waals surface area contributed by atoms with Crippen LogP contribution in [0.5, 0.6) is 0 Å². The summed E-state index contributed by atoms with van der Waals surface area (Å²) in [6.07, 6.45) is 7.21. The molecule has 1 N–H and O–H groups in total. The van der Waals surface area contributed by atoms with Crippen LogP contribution in [0, 0.1) is 5.92 Å². The van der Waals surface area contributed by atoms with E-state index in [2.05, 4.69) is 12.2 Å². The zero-order valence-corrected chi connectivity index (χ0v) is 15.1. The molecule has 0 radical (unpaired) electrons. The molecule has 1 amide bonds. The number of esters is 1.